The fourth-order valence-corrected chi connectivity index (χ4v) is 13.6. The van der Waals surface area contributed by atoms with E-state index in [0.717, 1.165) is 51.9 Å². The number of aromatic nitrogens is 12. The number of H-pyrrole nitrogens is 1. The number of benzene rings is 1. The summed E-state index contributed by atoms with van der Waals surface area (Å²) in [7, 11) is -21.5. The standard InChI is InChI=1S/C38H45F2N15O24P4/c1-52-12-55(30-20(52)32(61)51-38(42)49-30)34-22(57)21(56)16(73-34)7-71-80(62,63)78-83(68,69)79-81(64,65)72-8-17-25(76-82(66,67)77-36-24(59)23(58)33(75-36)54-11-47-19-29(54)48-37(41)50-31(19)60)26(70-2)35(74-17)53-10-46-18-27(44-9-45-28(18)53)43-6-13-3-4-14(39)15(40)5-13/h3-5,9-12,16-17,21-26,33-36,56-59H,6-8H2,1-2H3,(H10-,41,42,43,44,45,48,49,50,51,60,61,62,63,64,65,66,67,68,69)/p+1/t16-,17-,21?,22?,23?,24-,25+,26?,33-,34-,35-,36-/m1/s1. The fraction of sp³-hybridized carbons (Fsp3) is 0.447. The number of hydrogen-bond acceptors (Lipinski definition) is 30. The number of anilines is 3. The molecule has 0 aliphatic carbocycles. The summed E-state index contributed by atoms with van der Waals surface area (Å²) >= 11 is 0. The number of halogens is 2. The number of ether oxygens (including phenoxy) is 4. The fourth-order valence-electron chi connectivity index (χ4n) is 9.02. The summed E-state index contributed by atoms with van der Waals surface area (Å²) in [6.07, 6.45) is -18.0. The summed E-state index contributed by atoms with van der Waals surface area (Å²) < 4.78 is 137. The van der Waals surface area contributed by atoms with Crippen molar-refractivity contribution < 1.29 is 122 Å². The maximum atomic E-state index is 14.0. The number of hydrogen-bond donors (Lipinski definition) is 13. The molecule has 9 heterocycles. The molecule has 45 heteroatoms. The Morgan fingerprint density at radius 2 is 1.36 bits per heavy atom. The number of nitrogens with two attached hydrogens (primary N) is 2. The highest BCUT2D eigenvalue weighted by atomic mass is 31.3. The van der Waals surface area contributed by atoms with Gasteiger partial charge in [-0.3, -0.25) is 37.0 Å². The number of phosphoric acid groups is 4. The van der Waals surface area contributed by atoms with Gasteiger partial charge in [-0.25, -0.2) is 51.5 Å². The molecule has 15 N–H and O–H groups in total. The molecule has 0 spiro atoms. The summed E-state index contributed by atoms with van der Waals surface area (Å²) in [5, 5.41) is 56.7. The second-order valence-electron chi connectivity index (χ2n) is 18.1. The molecule has 39 nitrogen and oxygen atoms in total. The first kappa shape index (κ1) is 60.1. The molecule has 0 bridgehead atoms. The topological polar surface area (TPSA) is 548 Å². The van der Waals surface area contributed by atoms with Crippen molar-refractivity contribution in [3.8, 4) is 5.88 Å². The van der Waals surface area contributed by atoms with E-state index in [-0.39, 0.29) is 63.3 Å². The molecule has 3 fully saturated rings. The predicted molar refractivity (Wildman–Crippen MR) is 262 cm³/mol. The molecule has 8 unspecified atom stereocenters. The van der Waals surface area contributed by atoms with Crippen LogP contribution in [0.1, 0.15) is 24.2 Å². The Bertz CT molecular complexity index is 3880. The van der Waals surface area contributed by atoms with Crippen molar-refractivity contribution in [1.82, 2.24) is 53.6 Å². The van der Waals surface area contributed by atoms with Gasteiger partial charge in [0.2, 0.25) is 24.5 Å². The lowest BCUT2D eigenvalue weighted by Gasteiger charge is -2.27. The van der Waals surface area contributed by atoms with Gasteiger partial charge in [0.25, 0.3) is 22.6 Å². The zero-order valence-electron chi connectivity index (χ0n) is 41.9. The Hall–Kier alpha value is -6.07. The molecule has 3 aliphatic rings. The molecule has 7 aromatic rings. The summed E-state index contributed by atoms with van der Waals surface area (Å²) in [6.45, 7) is -2.65. The van der Waals surface area contributed by atoms with E-state index in [9.17, 15) is 76.9 Å². The van der Waals surface area contributed by atoms with E-state index in [1.54, 1.807) is 0 Å². The Labute approximate surface area is 458 Å². The van der Waals surface area contributed by atoms with Gasteiger partial charge >= 0.3 is 31.3 Å². The smallest absolute Gasteiger partial charge is 0.490 e. The van der Waals surface area contributed by atoms with E-state index in [0.29, 0.717) is 0 Å². The summed E-state index contributed by atoms with van der Waals surface area (Å²) in [4.78, 5) is 85.6. The molecule has 6 aromatic heterocycles. The highest BCUT2D eigenvalue weighted by Gasteiger charge is 2.55. The number of nitrogens with one attached hydrogen (secondary N) is 2. The van der Waals surface area contributed by atoms with Gasteiger partial charge in [-0.15, -0.1) is 0 Å². The molecule has 0 saturated carbocycles. The number of rotatable bonds is 21. The van der Waals surface area contributed by atoms with Crippen LogP contribution < -0.4 is 26.9 Å². The lowest BCUT2D eigenvalue weighted by molar-refractivity contribution is -0.646. The van der Waals surface area contributed by atoms with Crippen LogP contribution >= 0.6 is 31.3 Å². The maximum absolute atomic E-state index is 14.0. The van der Waals surface area contributed by atoms with Gasteiger partial charge in [-0.2, -0.15) is 28.1 Å². The first-order chi connectivity index (χ1) is 39.0. The number of nitrogen functional groups attached to an aromatic ring is 2. The van der Waals surface area contributed by atoms with Crippen molar-refractivity contribution >= 4 is 82.5 Å². The molecule has 1 aromatic carbocycles. The minimum Gasteiger partial charge on any atom is -0.490 e. The van der Waals surface area contributed by atoms with Gasteiger partial charge in [0, 0.05) is 13.7 Å². The number of fused-ring (bicyclic) bond motifs is 3. The van der Waals surface area contributed by atoms with Gasteiger partial charge in [-0.1, -0.05) is 6.07 Å². The number of aromatic amines is 1. The number of aliphatic hydroxyl groups excluding tert-OH is 4. The van der Waals surface area contributed by atoms with Crippen molar-refractivity contribution in [3.05, 3.63) is 71.1 Å². The summed E-state index contributed by atoms with van der Waals surface area (Å²) in [5.41, 5.74) is 10.1. The third-order valence-corrected chi connectivity index (χ3v) is 17.9. The van der Waals surface area contributed by atoms with Crippen molar-refractivity contribution in [2.75, 3.05) is 37.1 Å². The average Bonchev–Trinajstić information content (AvgIpc) is 2.59. The number of nitrogens with zero attached hydrogens (tertiary/aromatic N) is 11. The largest absolute Gasteiger partial charge is 0.490 e. The van der Waals surface area contributed by atoms with Gasteiger partial charge in [0.1, 0.15) is 55.2 Å². The molecule has 0 amide bonds. The zero-order chi connectivity index (χ0) is 59.8. The van der Waals surface area contributed by atoms with Crippen LogP contribution in [-0.4, -0.2) is 174 Å². The van der Waals surface area contributed by atoms with Crippen LogP contribution in [-0.2, 0) is 77.5 Å². The molecule has 83 heavy (non-hydrogen) atoms. The minimum absolute atomic E-state index is 0.00432. The Morgan fingerprint density at radius 1 is 0.723 bits per heavy atom. The van der Waals surface area contributed by atoms with E-state index >= 15 is 0 Å². The molecule has 16 atom stereocenters. The van der Waals surface area contributed by atoms with Crippen LogP contribution in [0.5, 0.6) is 5.88 Å². The normalized spacial score (nSPS) is 28.6. The van der Waals surface area contributed by atoms with Crippen molar-refractivity contribution in [2.45, 2.75) is 80.4 Å². The monoisotopic (exact) mass is 1260 g/mol. The van der Waals surface area contributed by atoms with Crippen molar-refractivity contribution in [1.29, 1.82) is 0 Å². The number of imidazole rings is 3. The lowest BCUT2D eigenvalue weighted by atomic mass is 10.1. The molecular weight excluding hydrogens is 1210 g/mol. The van der Waals surface area contributed by atoms with Crippen LogP contribution in [0.3, 0.4) is 0 Å². The second-order valence-corrected chi connectivity index (χ2v) is 24.1. The third-order valence-electron chi connectivity index (χ3n) is 12.6. The summed E-state index contributed by atoms with van der Waals surface area (Å²) in [5.74, 6) is -3.52. The third kappa shape index (κ3) is 12.3. The molecular formula is C38H46F2N15O24P4+. The van der Waals surface area contributed by atoms with E-state index in [1.165, 1.54) is 24.0 Å². The molecule has 10 rings (SSSR count). The Kier molecular flexibility index (Phi) is 16.5. The number of aromatic hydroxyl groups is 1. The van der Waals surface area contributed by atoms with Gasteiger partial charge in [-0.05, 0) is 17.7 Å². The zero-order valence-corrected chi connectivity index (χ0v) is 45.4. The average molecular weight is 1260 g/mol. The van der Waals surface area contributed by atoms with Gasteiger partial charge in [0.15, 0.2) is 58.5 Å². The van der Waals surface area contributed by atoms with Crippen molar-refractivity contribution in [3.63, 3.8) is 0 Å². The van der Waals surface area contributed by atoms with E-state index < -0.39 is 141 Å². The summed E-state index contributed by atoms with van der Waals surface area (Å²) in [6, 6.07) is 3.13. The first-order valence-electron chi connectivity index (χ1n) is 23.4. The van der Waals surface area contributed by atoms with Gasteiger partial charge < -0.3 is 80.8 Å². The van der Waals surface area contributed by atoms with E-state index in [4.69, 9.17) is 48.5 Å². The minimum atomic E-state index is -6.28. The SMILES string of the molecule is COC1[C@@H](OP(=O)(O)O[C@H]2O[C@@H](n3cnc4c(=O)[nH]c(N)nc43)C(O)[C@H]2O)[C@@H](COP(=O)(O)OP(=O)(O)OP(=O)(O)OC[C@H]2O[C@@H](n3c[n+](C)c4c(O)nc(N)nc43)C(O)C2O)O[C@H]1n1cnc2c(NCc3ccc(F)c(F)c3)ncnc21. The molecule has 0 radical (unpaired) electrons. The second kappa shape index (κ2) is 22.7. The Morgan fingerprint density at radius 3 is 2.05 bits per heavy atom. The van der Waals surface area contributed by atoms with E-state index in [1.807, 2.05) is 0 Å². The quantitative estimate of drug-likeness (QED) is 0.0272. The van der Waals surface area contributed by atoms with E-state index in [2.05, 4.69) is 53.8 Å². The highest BCUT2D eigenvalue weighted by molar-refractivity contribution is 7.66. The van der Waals surface area contributed by atoms with Crippen LogP contribution in [0, 0.1) is 11.6 Å². The van der Waals surface area contributed by atoms with Gasteiger partial charge in [0.05, 0.1) is 32.9 Å². The van der Waals surface area contributed by atoms with Crippen LogP contribution in [0.25, 0.3) is 33.5 Å². The van der Waals surface area contributed by atoms with Crippen LogP contribution in [0.15, 0.2) is 48.3 Å². The molecule has 3 saturated heterocycles. The predicted octanol–water partition coefficient (Wildman–Crippen LogP) is -2.03. The first-order valence-corrected chi connectivity index (χ1v) is 29.4. The number of phosphoric ester groups is 3. The van der Waals surface area contributed by atoms with Crippen LogP contribution in [0.4, 0.5) is 26.5 Å². The van der Waals surface area contributed by atoms with Crippen LogP contribution in [0.2, 0.25) is 0 Å². The lowest BCUT2D eigenvalue weighted by Crippen LogP contribution is -2.38. The number of methoxy groups -OCH3 is 1. The Balaban J connectivity index is 0.846. The van der Waals surface area contributed by atoms with Crippen molar-refractivity contribution in [2.24, 2.45) is 7.05 Å². The molecule has 450 valence electrons. The number of aryl methyl sites for hydroxylation is 1. The molecule has 3 aliphatic heterocycles. The number of aliphatic hydroxyl groups is 4. The highest BCUT2D eigenvalue weighted by Crippen LogP contribution is 2.68. The maximum Gasteiger partial charge on any atom is 0.490 e.